The highest BCUT2D eigenvalue weighted by Crippen LogP contribution is 2.45. The molecule has 0 N–H and O–H groups in total. The number of amides is 2. The number of benzene rings is 2. The maximum atomic E-state index is 15.2. The third-order valence-electron chi connectivity index (χ3n) is 6.37. The molecule has 2 aromatic rings. The number of thioether (sulfide) groups is 1. The molecule has 4 nitrogen and oxygen atoms in total. The lowest BCUT2D eigenvalue weighted by atomic mass is 9.79. The lowest BCUT2D eigenvalue weighted by molar-refractivity contribution is -0.123. The summed E-state index contributed by atoms with van der Waals surface area (Å²) in [5, 5.41) is 0.231. The second-order valence-electron chi connectivity index (χ2n) is 9.40. The molecular weight excluding hydrogens is 459 g/mol. The van der Waals surface area contributed by atoms with Gasteiger partial charge in [0.1, 0.15) is 5.82 Å². The molecule has 0 saturated carbocycles. The highest BCUT2D eigenvalue weighted by Gasteiger charge is 2.38. The van der Waals surface area contributed by atoms with Crippen LogP contribution in [0.1, 0.15) is 63.1 Å². The highest BCUT2D eigenvalue weighted by atomic mass is 35.5. The maximum Gasteiger partial charge on any atom is 0.293 e. The van der Waals surface area contributed by atoms with Gasteiger partial charge in [0, 0.05) is 28.4 Å². The van der Waals surface area contributed by atoms with Crippen LogP contribution in [0.25, 0.3) is 6.08 Å². The monoisotopic (exact) mass is 486 g/mol. The summed E-state index contributed by atoms with van der Waals surface area (Å²) >= 11 is 6.77. The summed E-state index contributed by atoms with van der Waals surface area (Å²) in [6.07, 6.45) is 3.45. The summed E-state index contributed by atoms with van der Waals surface area (Å²) < 4.78 is 15.2. The predicted octanol–water partition coefficient (Wildman–Crippen LogP) is 7.22. The molecule has 33 heavy (non-hydrogen) atoms. The highest BCUT2D eigenvalue weighted by molar-refractivity contribution is 8.18. The van der Waals surface area contributed by atoms with Crippen molar-refractivity contribution in [2.24, 2.45) is 0 Å². The van der Waals surface area contributed by atoms with Gasteiger partial charge in [0.15, 0.2) is 0 Å². The molecule has 2 aliphatic rings. The Bertz CT molecular complexity index is 1130. The van der Waals surface area contributed by atoms with Crippen LogP contribution < -0.4 is 4.90 Å². The van der Waals surface area contributed by atoms with Crippen LogP contribution in [0.4, 0.5) is 14.9 Å². The summed E-state index contributed by atoms with van der Waals surface area (Å²) in [7, 11) is 0. The van der Waals surface area contributed by atoms with E-state index in [9.17, 15) is 9.59 Å². The number of nitrogens with zero attached hydrogens (tertiary/aromatic N) is 2. The van der Waals surface area contributed by atoms with Crippen LogP contribution in [0.3, 0.4) is 0 Å². The molecule has 1 fully saturated rings. The molecule has 0 radical (unpaired) electrons. The van der Waals surface area contributed by atoms with Crippen molar-refractivity contribution in [3.63, 3.8) is 0 Å². The molecule has 1 atom stereocenters. The number of carbonyl (C=O) groups excluding carboxylic acids is 2. The van der Waals surface area contributed by atoms with E-state index in [4.69, 9.17) is 11.6 Å². The first-order valence-corrected chi connectivity index (χ1v) is 12.4. The zero-order valence-electron chi connectivity index (χ0n) is 19.3. The molecule has 0 aromatic heterocycles. The molecule has 2 aromatic carbocycles. The molecule has 7 heteroatoms. The Kier molecular flexibility index (Phi) is 6.61. The van der Waals surface area contributed by atoms with E-state index in [1.165, 1.54) is 11.0 Å². The predicted molar refractivity (Wildman–Crippen MR) is 134 cm³/mol. The Hall–Kier alpha value is -2.31. The Morgan fingerprint density at radius 3 is 2.58 bits per heavy atom. The molecule has 0 bridgehead atoms. The van der Waals surface area contributed by atoms with Crippen molar-refractivity contribution in [3.8, 4) is 0 Å². The van der Waals surface area contributed by atoms with E-state index in [1.807, 2.05) is 6.07 Å². The molecule has 2 amide bonds. The van der Waals surface area contributed by atoms with E-state index in [0.717, 1.165) is 48.0 Å². The largest absolute Gasteiger partial charge is 0.366 e. The van der Waals surface area contributed by atoms with Crippen molar-refractivity contribution < 1.29 is 14.0 Å². The molecule has 1 unspecified atom stereocenters. The normalized spacial score (nSPS) is 21.2. The van der Waals surface area contributed by atoms with Crippen LogP contribution in [-0.4, -0.2) is 28.1 Å². The zero-order valence-corrected chi connectivity index (χ0v) is 20.9. The number of hydrogen-bond acceptors (Lipinski definition) is 4. The van der Waals surface area contributed by atoms with Crippen molar-refractivity contribution >= 4 is 46.3 Å². The smallest absolute Gasteiger partial charge is 0.293 e. The third kappa shape index (κ3) is 4.69. The molecule has 174 valence electrons. The van der Waals surface area contributed by atoms with Crippen LogP contribution in [-0.2, 0) is 11.3 Å². The van der Waals surface area contributed by atoms with Gasteiger partial charge in [-0.3, -0.25) is 14.5 Å². The molecule has 2 heterocycles. The Morgan fingerprint density at radius 2 is 1.91 bits per heavy atom. The fourth-order valence-corrected chi connectivity index (χ4v) is 5.78. The summed E-state index contributed by atoms with van der Waals surface area (Å²) in [6, 6.07) is 10.4. The minimum atomic E-state index is -0.404. The van der Waals surface area contributed by atoms with E-state index in [1.54, 1.807) is 30.3 Å². The van der Waals surface area contributed by atoms with E-state index in [2.05, 4.69) is 32.6 Å². The molecule has 0 spiro atoms. The Labute approximate surface area is 203 Å². The average Bonchev–Trinajstić information content (AvgIpc) is 3.00. The maximum absolute atomic E-state index is 15.2. The number of anilines is 1. The Balaban J connectivity index is 1.64. The van der Waals surface area contributed by atoms with Crippen LogP contribution >= 0.6 is 23.4 Å². The van der Waals surface area contributed by atoms with Crippen molar-refractivity contribution in [1.82, 2.24) is 4.90 Å². The lowest BCUT2D eigenvalue weighted by Crippen LogP contribution is -2.48. The van der Waals surface area contributed by atoms with Gasteiger partial charge in [0.25, 0.3) is 11.1 Å². The van der Waals surface area contributed by atoms with Gasteiger partial charge in [-0.05, 0) is 85.8 Å². The second kappa shape index (κ2) is 9.15. The van der Waals surface area contributed by atoms with Crippen LogP contribution in [0.5, 0.6) is 0 Å². The van der Waals surface area contributed by atoms with E-state index < -0.39 is 5.91 Å². The van der Waals surface area contributed by atoms with E-state index in [0.29, 0.717) is 10.6 Å². The van der Waals surface area contributed by atoms with Crippen LogP contribution in [0.15, 0.2) is 41.3 Å². The number of carbonyl (C=O) groups is 2. The second-order valence-corrected chi connectivity index (χ2v) is 10.8. The first-order chi connectivity index (χ1) is 15.6. The molecule has 0 aliphatic carbocycles. The first kappa shape index (κ1) is 23.8. The average molecular weight is 487 g/mol. The van der Waals surface area contributed by atoms with Gasteiger partial charge in [-0.15, -0.1) is 0 Å². The van der Waals surface area contributed by atoms with Crippen LogP contribution in [0, 0.1) is 5.82 Å². The quantitative estimate of drug-likeness (QED) is 0.418. The van der Waals surface area contributed by atoms with Gasteiger partial charge in [0.2, 0.25) is 0 Å². The van der Waals surface area contributed by atoms with Crippen molar-refractivity contribution in [3.05, 3.63) is 68.8 Å². The fourth-order valence-electron chi connectivity index (χ4n) is 4.83. The van der Waals surface area contributed by atoms with Gasteiger partial charge in [-0.2, -0.15) is 0 Å². The SMILES string of the molecule is CCCN1c2cc(F)c(/C=C3/SC(=O)N(Cc4ccc(Cl)cc4)C3=O)cc2C(C)CC1(C)C. The topological polar surface area (TPSA) is 40.6 Å². The summed E-state index contributed by atoms with van der Waals surface area (Å²) in [4.78, 5) is 29.2. The number of halogens is 2. The Morgan fingerprint density at radius 1 is 1.21 bits per heavy atom. The van der Waals surface area contributed by atoms with Gasteiger partial charge in [-0.25, -0.2) is 4.39 Å². The summed E-state index contributed by atoms with van der Waals surface area (Å²) in [5.74, 6) is -0.529. The van der Waals surface area contributed by atoms with Gasteiger partial charge in [0.05, 0.1) is 11.4 Å². The number of imide groups is 1. The summed E-state index contributed by atoms with van der Waals surface area (Å²) in [6.45, 7) is 9.69. The van der Waals surface area contributed by atoms with E-state index in [-0.39, 0.29) is 34.0 Å². The minimum Gasteiger partial charge on any atom is -0.366 e. The molecule has 1 saturated heterocycles. The van der Waals surface area contributed by atoms with Gasteiger partial charge < -0.3 is 4.90 Å². The molecular formula is C26H28ClFN2O2S. The standard InChI is InChI=1S/C26H28ClFN2O2S/c1-5-10-30-22-13-21(28)18(11-20(22)16(2)14-26(30,3)4)12-23-24(31)29(25(32)33-23)15-17-6-8-19(27)9-7-17/h6-9,11-13,16H,5,10,14-15H2,1-4H3/b23-12+. The summed E-state index contributed by atoms with van der Waals surface area (Å²) in [5.41, 5.74) is 3.09. The molecule has 4 rings (SSSR count). The van der Waals surface area contributed by atoms with Crippen molar-refractivity contribution in [1.29, 1.82) is 0 Å². The van der Waals surface area contributed by atoms with E-state index >= 15 is 4.39 Å². The van der Waals surface area contributed by atoms with Crippen molar-refractivity contribution in [2.75, 3.05) is 11.4 Å². The number of hydrogen-bond donors (Lipinski definition) is 0. The molecule has 2 aliphatic heterocycles. The van der Waals surface area contributed by atoms with Gasteiger partial charge >= 0.3 is 0 Å². The van der Waals surface area contributed by atoms with Gasteiger partial charge in [-0.1, -0.05) is 37.6 Å². The first-order valence-electron chi connectivity index (χ1n) is 11.2. The number of rotatable bonds is 5. The fraction of sp³-hybridized carbons (Fsp3) is 0.385. The zero-order chi connectivity index (χ0) is 23.9. The van der Waals surface area contributed by atoms with Crippen molar-refractivity contribution in [2.45, 2.75) is 58.5 Å². The minimum absolute atomic E-state index is 0.0549. The third-order valence-corrected chi connectivity index (χ3v) is 7.52. The number of fused-ring (bicyclic) bond motifs is 1. The lowest BCUT2D eigenvalue weighted by Gasteiger charge is -2.47. The van der Waals surface area contributed by atoms with Crippen LogP contribution in [0.2, 0.25) is 5.02 Å².